The van der Waals surface area contributed by atoms with Crippen LogP contribution in [0.2, 0.25) is 0 Å². The number of benzene rings is 1. The van der Waals surface area contributed by atoms with Gasteiger partial charge in [-0.25, -0.2) is 4.79 Å². The minimum atomic E-state index is -0.463. The Kier molecular flexibility index (Phi) is 6.52. The summed E-state index contributed by atoms with van der Waals surface area (Å²) < 4.78 is 5.81. The van der Waals surface area contributed by atoms with E-state index >= 15 is 0 Å². The smallest absolute Gasteiger partial charge is 0.412 e. The summed E-state index contributed by atoms with van der Waals surface area (Å²) in [5.74, 6) is 1.68. The van der Waals surface area contributed by atoms with Crippen LogP contribution in [0.15, 0.2) is 18.2 Å². The molecule has 24 heavy (non-hydrogen) atoms. The topological polar surface area (TPSA) is 58.6 Å². The highest BCUT2D eigenvalue weighted by molar-refractivity contribution is 5.87. The summed E-state index contributed by atoms with van der Waals surface area (Å²) in [7, 11) is 0. The molecule has 4 unspecified atom stereocenters. The summed E-state index contributed by atoms with van der Waals surface area (Å²) in [5, 5.41) is 12.7. The number of phenolic OH excluding ortho intramolecular Hbond substituents is 1. The Morgan fingerprint density at radius 2 is 2.12 bits per heavy atom. The molecule has 1 aliphatic carbocycles. The summed E-state index contributed by atoms with van der Waals surface area (Å²) in [6.07, 6.45) is 5.03. The van der Waals surface area contributed by atoms with E-state index in [0.29, 0.717) is 23.4 Å². The van der Waals surface area contributed by atoms with Gasteiger partial charge in [-0.2, -0.15) is 0 Å². The molecule has 1 saturated carbocycles. The van der Waals surface area contributed by atoms with Gasteiger partial charge >= 0.3 is 6.09 Å². The summed E-state index contributed by atoms with van der Waals surface area (Å²) in [5.41, 5.74) is 1.26. The van der Waals surface area contributed by atoms with E-state index in [1.165, 1.54) is 6.42 Å². The Morgan fingerprint density at radius 3 is 2.75 bits per heavy atom. The lowest BCUT2D eigenvalue weighted by Gasteiger charge is -2.38. The highest BCUT2D eigenvalue weighted by Gasteiger charge is 2.35. The molecular weight excluding hydrogens is 302 g/mol. The van der Waals surface area contributed by atoms with Crippen molar-refractivity contribution in [1.82, 2.24) is 0 Å². The van der Waals surface area contributed by atoms with E-state index in [0.717, 1.165) is 31.2 Å². The quantitative estimate of drug-likeness (QED) is 0.700. The van der Waals surface area contributed by atoms with Gasteiger partial charge in [0.2, 0.25) is 0 Å². The zero-order valence-corrected chi connectivity index (χ0v) is 15.3. The number of phenols is 1. The molecule has 1 amide bonds. The Hall–Kier alpha value is -1.71. The second-order valence-electron chi connectivity index (χ2n) is 7.17. The third kappa shape index (κ3) is 4.43. The maximum Gasteiger partial charge on any atom is 0.412 e. The average Bonchev–Trinajstić information content (AvgIpc) is 2.57. The molecule has 1 fully saturated rings. The van der Waals surface area contributed by atoms with Gasteiger partial charge in [-0.3, -0.25) is 5.32 Å². The fourth-order valence-electron chi connectivity index (χ4n) is 3.78. The number of hydrogen-bond acceptors (Lipinski definition) is 3. The van der Waals surface area contributed by atoms with Crippen molar-refractivity contribution in [2.45, 2.75) is 65.9 Å². The first-order valence-corrected chi connectivity index (χ1v) is 9.22. The van der Waals surface area contributed by atoms with Crippen LogP contribution in [0, 0.1) is 24.7 Å². The van der Waals surface area contributed by atoms with E-state index in [-0.39, 0.29) is 11.9 Å². The monoisotopic (exact) mass is 333 g/mol. The van der Waals surface area contributed by atoms with Gasteiger partial charge in [-0.15, -0.1) is 0 Å². The fraction of sp³-hybridized carbons (Fsp3) is 0.650. The van der Waals surface area contributed by atoms with Crippen LogP contribution in [0.3, 0.4) is 0 Å². The van der Waals surface area contributed by atoms with Crippen molar-refractivity contribution in [2.24, 2.45) is 17.8 Å². The highest BCUT2D eigenvalue weighted by Crippen LogP contribution is 2.38. The molecule has 0 aliphatic heterocycles. The van der Waals surface area contributed by atoms with Crippen LogP contribution in [0.5, 0.6) is 5.75 Å². The number of anilines is 1. The van der Waals surface area contributed by atoms with Crippen molar-refractivity contribution in [3.8, 4) is 5.75 Å². The standard InChI is InChI=1S/C20H31NO3/c1-5-13(3)16-11-10-15(6-2)12-18(16)24-20(23)21-19-14(4)8-7-9-17(19)22/h7-9,13,15-16,18,22H,5-6,10-12H2,1-4H3,(H,21,23). The first kappa shape index (κ1) is 18.6. The van der Waals surface area contributed by atoms with E-state index in [2.05, 4.69) is 26.1 Å². The van der Waals surface area contributed by atoms with Crippen molar-refractivity contribution in [1.29, 1.82) is 0 Å². The summed E-state index contributed by atoms with van der Waals surface area (Å²) >= 11 is 0. The van der Waals surface area contributed by atoms with E-state index in [9.17, 15) is 9.90 Å². The van der Waals surface area contributed by atoms with Crippen molar-refractivity contribution in [2.75, 3.05) is 5.32 Å². The number of amides is 1. The molecule has 2 N–H and O–H groups in total. The lowest BCUT2D eigenvalue weighted by atomic mass is 9.73. The minimum absolute atomic E-state index is 0.0372. The Labute approximate surface area is 145 Å². The molecule has 0 bridgehead atoms. The molecule has 0 saturated heterocycles. The Bertz CT molecular complexity index is 538. The number of carbonyl (C=O) groups excluding carboxylic acids is 1. The normalized spacial score (nSPS) is 25.1. The van der Waals surface area contributed by atoms with Gasteiger partial charge in [0.1, 0.15) is 11.9 Å². The van der Waals surface area contributed by atoms with E-state index in [1.807, 2.05) is 13.0 Å². The second-order valence-corrected chi connectivity index (χ2v) is 7.17. The van der Waals surface area contributed by atoms with E-state index in [4.69, 9.17) is 4.74 Å². The predicted molar refractivity (Wildman–Crippen MR) is 97.3 cm³/mol. The average molecular weight is 333 g/mol. The SMILES string of the molecule is CCC1CCC(C(C)CC)C(OC(=O)Nc2c(C)cccc2O)C1. The molecule has 1 aromatic rings. The van der Waals surface area contributed by atoms with Crippen molar-refractivity contribution in [3.63, 3.8) is 0 Å². The number of carbonyl (C=O) groups is 1. The molecule has 0 aromatic heterocycles. The Balaban J connectivity index is 2.06. The molecule has 4 nitrogen and oxygen atoms in total. The molecule has 1 aromatic carbocycles. The molecular formula is C20H31NO3. The van der Waals surface area contributed by atoms with Gasteiger partial charge in [-0.05, 0) is 55.6 Å². The van der Waals surface area contributed by atoms with Crippen LogP contribution in [-0.2, 0) is 4.74 Å². The molecule has 1 aliphatic rings. The van der Waals surface area contributed by atoms with Crippen LogP contribution < -0.4 is 5.32 Å². The number of aryl methyl sites for hydroxylation is 1. The number of nitrogens with one attached hydrogen (secondary N) is 1. The van der Waals surface area contributed by atoms with Gasteiger partial charge in [0.25, 0.3) is 0 Å². The van der Waals surface area contributed by atoms with Gasteiger partial charge in [0.15, 0.2) is 0 Å². The van der Waals surface area contributed by atoms with Gasteiger partial charge in [-0.1, -0.05) is 45.7 Å². The number of hydrogen-bond donors (Lipinski definition) is 2. The van der Waals surface area contributed by atoms with Crippen LogP contribution in [0.25, 0.3) is 0 Å². The summed E-state index contributed by atoms with van der Waals surface area (Å²) in [6, 6.07) is 5.18. The lowest BCUT2D eigenvalue weighted by molar-refractivity contribution is 0.00510. The molecule has 134 valence electrons. The highest BCUT2D eigenvalue weighted by atomic mass is 16.6. The fourth-order valence-corrected chi connectivity index (χ4v) is 3.78. The van der Waals surface area contributed by atoms with Crippen molar-refractivity contribution >= 4 is 11.8 Å². The second kappa shape index (κ2) is 8.41. The Morgan fingerprint density at radius 1 is 1.38 bits per heavy atom. The minimum Gasteiger partial charge on any atom is -0.506 e. The first-order valence-electron chi connectivity index (χ1n) is 9.22. The molecule has 4 atom stereocenters. The first-order chi connectivity index (χ1) is 11.5. The molecule has 4 heteroatoms. The summed E-state index contributed by atoms with van der Waals surface area (Å²) in [4.78, 5) is 12.4. The molecule has 2 rings (SSSR count). The molecule has 0 heterocycles. The maximum absolute atomic E-state index is 12.4. The third-order valence-corrected chi connectivity index (χ3v) is 5.64. The lowest BCUT2D eigenvalue weighted by Crippen LogP contribution is -2.38. The molecule has 0 radical (unpaired) electrons. The predicted octanol–water partition coefficient (Wildman–Crippen LogP) is 5.49. The number of ether oxygens (including phenoxy) is 1. The van der Waals surface area contributed by atoms with E-state index < -0.39 is 6.09 Å². The largest absolute Gasteiger partial charge is 0.506 e. The van der Waals surface area contributed by atoms with Crippen molar-refractivity contribution < 1.29 is 14.6 Å². The number of aromatic hydroxyl groups is 1. The maximum atomic E-state index is 12.4. The third-order valence-electron chi connectivity index (χ3n) is 5.64. The van der Waals surface area contributed by atoms with Gasteiger partial charge in [0, 0.05) is 0 Å². The van der Waals surface area contributed by atoms with Crippen molar-refractivity contribution in [3.05, 3.63) is 23.8 Å². The van der Waals surface area contributed by atoms with Gasteiger partial charge in [0.05, 0.1) is 5.69 Å². The zero-order valence-electron chi connectivity index (χ0n) is 15.3. The van der Waals surface area contributed by atoms with Crippen LogP contribution in [0.1, 0.15) is 58.4 Å². The number of para-hydroxylation sites is 1. The van der Waals surface area contributed by atoms with Crippen LogP contribution in [-0.4, -0.2) is 17.3 Å². The summed E-state index contributed by atoms with van der Waals surface area (Å²) in [6.45, 7) is 8.50. The van der Waals surface area contributed by atoms with Crippen LogP contribution >= 0.6 is 0 Å². The van der Waals surface area contributed by atoms with Gasteiger partial charge < -0.3 is 9.84 Å². The zero-order chi connectivity index (χ0) is 17.7. The van der Waals surface area contributed by atoms with E-state index in [1.54, 1.807) is 12.1 Å². The number of rotatable bonds is 5. The van der Waals surface area contributed by atoms with Crippen LogP contribution in [0.4, 0.5) is 10.5 Å². The molecule has 0 spiro atoms.